The fourth-order valence-corrected chi connectivity index (χ4v) is 1.64. The van der Waals surface area contributed by atoms with E-state index in [4.69, 9.17) is 10.2 Å². The molecule has 0 heterocycles. The van der Waals surface area contributed by atoms with Crippen LogP contribution in [0.2, 0.25) is 0 Å². The number of anilines is 1. The molecular weight excluding hydrogens is 220 g/mol. The molecule has 6 nitrogen and oxygen atoms in total. The number of sulfonamides is 1. The molecule has 1 aromatic rings. The van der Waals surface area contributed by atoms with Gasteiger partial charge in [0.1, 0.15) is 0 Å². The van der Waals surface area contributed by atoms with Crippen LogP contribution in [0, 0.1) is 0 Å². The summed E-state index contributed by atoms with van der Waals surface area (Å²) in [6.45, 7) is 0. The van der Waals surface area contributed by atoms with Gasteiger partial charge in [0.2, 0.25) is 10.0 Å². The standard InChI is InChI=1S/C8H10N2O4S/c1-10-7-3-2-5(15(9,13)14)4-6(7)8(11)12/h2-4,10H,1H3,(H,11,12)(H2,9,13,14). The smallest absolute Gasteiger partial charge is 0.337 e. The molecule has 0 aliphatic carbocycles. The normalized spacial score (nSPS) is 11.1. The molecular formula is C8H10N2O4S. The number of primary sulfonamides is 1. The van der Waals surface area contributed by atoms with Gasteiger partial charge in [-0.2, -0.15) is 0 Å². The highest BCUT2D eigenvalue weighted by Crippen LogP contribution is 2.19. The van der Waals surface area contributed by atoms with Crippen molar-refractivity contribution >= 4 is 21.7 Å². The van der Waals surface area contributed by atoms with E-state index >= 15 is 0 Å². The molecule has 0 bridgehead atoms. The van der Waals surface area contributed by atoms with Gasteiger partial charge in [0.25, 0.3) is 0 Å². The fraction of sp³-hybridized carbons (Fsp3) is 0.125. The molecule has 1 rings (SSSR count). The Balaban J connectivity index is 3.42. The second-order valence-electron chi connectivity index (χ2n) is 2.81. The van der Waals surface area contributed by atoms with E-state index in [0.29, 0.717) is 5.69 Å². The first kappa shape index (κ1) is 11.5. The van der Waals surface area contributed by atoms with Crippen LogP contribution in [0.25, 0.3) is 0 Å². The van der Waals surface area contributed by atoms with Crippen LogP contribution in [0.5, 0.6) is 0 Å². The van der Waals surface area contributed by atoms with E-state index in [9.17, 15) is 13.2 Å². The summed E-state index contributed by atoms with van der Waals surface area (Å²) in [7, 11) is -2.33. The summed E-state index contributed by atoms with van der Waals surface area (Å²) in [6.07, 6.45) is 0. The van der Waals surface area contributed by atoms with Gasteiger partial charge in [0.05, 0.1) is 10.5 Å². The summed E-state index contributed by atoms with van der Waals surface area (Å²) in [5.41, 5.74) is 0.193. The summed E-state index contributed by atoms with van der Waals surface area (Å²) in [5, 5.41) is 16.3. The molecule has 0 fully saturated rings. The Hall–Kier alpha value is -1.60. The van der Waals surface area contributed by atoms with Crippen LogP contribution in [0.3, 0.4) is 0 Å². The van der Waals surface area contributed by atoms with Crippen molar-refractivity contribution in [3.8, 4) is 0 Å². The largest absolute Gasteiger partial charge is 0.478 e. The van der Waals surface area contributed by atoms with Crippen molar-refractivity contribution in [3.05, 3.63) is 23.8 Å². The van der Waals surface area contributed by atoms with E-state index in [0.717, 1.165) is 6.07 Å². The summed E-state index contributed by atoms with van der Waals surface area (Å²) in [6, 6.07) is 3.61. The lowest BCUT2D eigenvalue weighted by atomic mass is 10.2. The molecule has 82 valence electrons. The average Bonchev–Trinajstić information content (AvgIpc) is 2.15. The van der Waals surface area contributed by atoms with E-state index in [2.05, 4.69) is 5.32 Å². The predicted octanol–water partition coefficient (Wildman–Crippen LogP) is 0.0739. The molecule has 0 aliphatic rings. The maximum atomic E-state index is 11.0. The van der Waals surface area contributed by atoms with Gasteiger partial charge >= 0.3 is 5.97 Å². The first-order valence-corrected chi connectivity index (χ1v) is 5.49. The van der Waals surface area contributed by atoms with Crippen LogP contribution in [-0.2, 0) is 10.0 Å². The molecule has 0 amide bonds. The second kappa shape index (κ2) is 3.87. The molecule has 0 aliphatic heterocycles. The quantitative estimate of drug-likeness (QED) is 0.680. The number of nitrogens with one attached hydrogen (secondary N) is 1. The third-order valence-electron chi connectivity index (χ3n) is 1.82. The van der Waals surface area contributed by atoms with Crippen molar-refractivity contribution in [1.29, 1.82) is 0 Å². The number of carbonyl (C=O) groups is 1. The van der Waals surface area contributed by atoms with Crippen molar-refractivity contribution < 1.29 is 18.3 Å². The zero-order valence-electron chi connectivity index (χ0n) is 7.89. The number of hydrogen-bond donors (Lipinski definition) is 3. The maximum absolute atomic E-state index is 11.0. The summed E-state index contributed by atoms with van der Waals surface area (Å²) < 4.78 is 21.9. The van der Waals surface area contributed by atoms with E-state index in [1.165, 1.54) is 12.1 Å². The van der Waals surface area contributed by atoms with Crippen LogP contribution in [0.4, 0.5) is 5.69 Å². The molecule has 0 unspecified atom stereocenters. The number of nitrogens with two attached hydrogens (primary N) is 1. The van der Waals surface area contributed by atoms with Crippen molar-refractivity contribution in [2.24, 2.45) is 5.14 Å². The summed E-state index contributed by atoms with van der Waals surface area (Å²) in [4.78, 5) is 10.6. The van der Waals surface area contributed by atoms with Gasteiger partial charge in [-0.3, -0.25) is 0 Å². The van der Waals surface area contributed by atoms with Gasteiger partial charge < -0.3 is 10.4 Å². The van der Waals surface area contributed by atoms with Gasteiger partial charge in [0, 0.05) is 12.7 Å². The van der Waals surface area contributed by atoms with Crippen LogP contribution >= 0.6 is 0 Å². The molecule has 0 atom stereocenters. The fourth-order valence-electron chi connectivity index (χ4n) is 1.10. The zero-order chi connectivity index (χ0) is 11.6. The molecule has 0 spiro atoms. The Morgan fingerprint density at radius 1 is 1.47 bits per heavy atom. The SMILES string of the molecule is CNc1ccc(S(N)(=O)=O)cc1C(=O)O. The first-order valence-electron chi connectivity index (χ1n) is 3.94. The Morgan fingerprint density at radius 3 is 2.47 bits per heavy atom. The average molecular weight is 230 g/mol. The Kier molecular flexibility index (Phi) is 2.96. The number of benzene rings is 1. The minimum Gasteiger partial charge on any atom is -0.478 e. The van der Waals surface area contributed by atoms with Crippen LogP contribution in [-0.4, -0.2) is 26.5 Å². The number of carboxylic acids is 1. The second-order valence-corrected chi connectivity index (χ2v) is 4.37. The Labute approximate surface area is 86.8 Å². The van der Waals surface area contributed by atoms with Crippen molar-refractivity contribution in [2.45, 2.75) is 4.90 Å². The van der Waals surface area contributed by atoms with E-state index in [1.807, 2.05) is 0 Å². The molecule has 4 N–H and O–H groups in total. The number of aromatic carboxylic acids is 1. The van der Waals surface area contributed by atoms with Crippen molar-refractivity contribution in [3.63, 3.8) is 0 Å². The maximum Gasteiger partial charge on any atom is 0.337 e. The number of carboxylic acid groups (broad SMARTS) is 1. The molecule has 7 heteroatoms. The number of rotatable bonds is 3. The lowest BCUT2D eigenvalue weighted by Crippen LogP contribution is -2.13. The molecule has 15 heavy (non-hydrogen) atoms. The minimum absolute atomic E-state index is 0.135. The first-order chi connectivity index (χ1) is 6.86. The summed E-state index contributed by atoms with van der Waals surface area (Å²) >= 11 is 0. The third kappa shape index (κ3) is 2.45. The predicted molar refractivity (Wildman–Crippen MR) is 54.3 cm³/mol. The molecule has 0 saturated carbocycles. The molecule has 0 aromatic heterocycles. The zero-order valence-corrected chi connectivity index (χ0v) is 8.71. The van der Waals surface area contributed by atoms with Gasteiger partial charge in [0.15, 0.2) is 0 Å². The van der Waals surface area contributed by atoms with E-state index < -0.39 is 16.0 Å². The van der Waals surface area contributed by atoms with Crippen LogP contribution in [0.1, 0.15) is 10.4 Å². The highest BCUT2D eigenvalue weighted by atomic mass is 32.2. The lowest BCUT2D eigenvalue weighted by Gasteiger charge is -2.06. The Morgan fingerprint density at radius 2 is 2.07 bits per heavy atom. The van der Waals surface area contributed by atoms with Gasteiger partial charge in [-0.25, -0.2) is 18.4 Å². The highest BCUT2D eigenvalue weighted by molar-refractivity contribution is 7.89. The molecule has 0 saturated heterocycles. The topological polar surface area (TPSA) is 109 Å². The third-order valence-corrected chi connectivity index (χ3v) is 2.73. The molecule has 1 aromatic carbocycles. The van der Waals surface area contributed by atoms with E-state index in [1.54, 1.807) is 7.05 Å². The van der Waals surface area contributed by atoms with Crippen LogP contribution in [0.15, 0.2) is 23.1 Å². The monoisotopic (exact) mass is 230 g/mol. The van der Waals surface area contributed by atoms with E-state index in [-0.39, 0.29) is 10.5 Å². The van der Waals surface area contributed by atoms with Gasteiger partial charge in [-0.05, 0) is 18.2 Å². The minimum atomic E-state index is -3.87. The number of hydrogen-bond acceptors (Lipinski definition) is 4. The van der Waals surface area contributed by atoms with Gasteiger partial charge in [-0.1, -0.05) is 0 Å². The van der Waals surface area contributed by atoms with Crippen molar-refractivity contribution in [1.82, 2.24) is 0 Å². The van der Waals surface area contributed by atoms with Crippen molar-refractivity contribution in [2.75, 3.05) is 12.4 Å². The lowest BCUT2D eigenvalue weighted by molar-refractivity contribution is 0.0697. The van der Waals surface area contributed by atoms with Crippen LogP contribution < -0.4 is 10.5 Å². The van der Waals surface area contributed by atoms with Gasteiger partial charge in [-0.15, -0.1) is 0 Å². The highest BCUT2D eigenvalue weighted by Gasteiger charge is 2.14. The molecule has 0 radical (unpaired) electrons. The Bertz CT molecular complexity index is 495. The summed E-state index contributed by atoms with van der Waals surface area (Å²) in [5.74, 6) is -1.22.